The summed E-state index contributed by atoms with van der Waals surface area (Å²) in [6.45, 7) is 7.82. The second-order valence-corrected chi connectivity index (χ2v) is 5.88. The quantitative estimate of drug-likeness (QED) is 0.482. The van der Waals surface area contributed by atoms with Gasteiger partial charge in [0.2, 0.25) is 0 Å². The summed E-state index contributed by atoms with van der Waals surface area (Å²) < 4.78 is 12.0. The molecule has 2 heterocycles. The van der Waals surface area contributed by atoms with Crippen LogP contribution in [0.4, 0.5) is 0 Å². The Labute approximate surface area is 159 Å². The lowest BCUT2D eigenvalue weighted by Crippen LogP contribution is -2.21. The Balaban J connectivity index is 2.00. The molecule has 28 heavy (non-hydrogen) atoms. The van der Waals surface area contributed by atoms with Crippen LogP contribution in [-0.4, -0.2) is 49.4 Å². The van der Waals surface area contributed by atoms with E-state index >= 15 is 0 Å². The lowest BCUT2D eigenvalue weighted by atomic mass is 10.1. The highest BCUT2D eigenvalue weighted by molar-refractivity contribution is 5.88. The molecule has 144 valence electrons. The van der Waals surface area contributed by atoms with E-state index in [9.17, 15) is 9.59 Å². The molecule has 0 atom stereocenters. The summed E-state index contributed by atoms with van der Waals surface area (Å²) in [5.41, 5.74) is 1.25. The van der Waals surface area contributed by atoms with Gasteiger partial charge in [-0.3, -0.25) is 4.79 Å². The van der Waals surface area contributed by atoms with Gasteiger partial charge in [-0.25, -0.2) is 9.78 Å². The van der Waals surface area contributed by atoms with Gasteiger partial charge in [-0.1, -0.05) is 6.58 Å². The molecule has 0 amide bonds. The second-order valence-electron chi connectivity index (χ2n) is 5.88. The molecule has 0 aliphatic rings. The van der Waals surface area contributed by atoms with Crippen molar-refractivity contribution >= 4 is 5.97 Å². The molecular formula is C18H18N6O4. The Kier molecular flexibility index (Phi) is 5.58. The number of carbonyl (C=O) groups is 1. The van der Waals surface area contributed by atoms with Crippen molar-refractivity contribution in [3.63, 3.8) is 0 Å². The molecule has 0 fully saturated rings. The van der Waals surface area contributed by atoms with Gasteiger partial charge in [0.05, 0.1) is 6.61 Å². The predicted molar refractivity (Wildman–Crippen MR) is 99.3 cm³/mol. The molecule has 10 nitrogen and oxygen atoms in total. The zero-order valence-electron chi connectivity index (χ0n) is 15.4. The monoisotopic (exact) mass is 382 g/mol. The smallest absolute Gasteiger partial charge is 0.345 e. The van der Waals surface area contributed by atoms with Crippen molar-refractivity contribution in [1.82, 2.24) is 30.2 Å². The van der Waals surface area contributed by atoms with Crippen LogP contribution in [0.15, 0.2) is 47.7 Å². The third-order valence-electron chi connectivity index (χ3n) is 3.60. The third kappa shape index (κ3) is 4.11. The van der Waals surface area contributed by atoms with E-state index < -0.39 is 11.5 Å². The number of hydrogen-bond donors (Lipinski definition) is 1. The zero-order chi connectivity index (χ0) is 20.1. The minimum absolute atomic E-state index is 0.160. The Morgan fingerprint density at radius 2 is 2.18 bits per heavy atom. The summed E-state index contributed by atoms with van der Waals surface area (Å²) in [5, 5.41) is 11.2. The number of esters is 1. The largest absolute Gasteiger partial charge is 0.487 e. The normalized spacial score (nSPS) is 10.5. The number of H-pyrrole nitrogens is 1. The molecule has 3 aromatic rings. The number of tetrazole rings is 1. The Morgan fingerprint density at radius 1 is 1.36 bits per heavy atom. The van der Waals surface area contributed by atoms with E-state index in [0.717, 1.165) is 5.57 Å². The number of hydrogen-bond acceptors (Lipinski definition) is 8. The summed E-state index contributed by atoms with van der Waals surface area (Å²) >= 11 is 0. The van der Waals surface area contributed by atoms with E-state index in [4.69, 9.17) is 9.47 Å². The number of ether oxygens (including phenoxy) is 2. The van der Waals surface area contributed by atoms with Crippen LogP contribution < -0.4 is 10.3 Å². The van der Waals surface area contributed by atoms with Crippen LogP contribution in [0, 0.1) is 0 Å². The summed E-state index contributed by atoms with van der Waals surface area (Å²) in [6, 6.07) is 5.16. The SMILES string of the molecule is C=C(C)COc1ccc(-c2ncc(C(=O)OCC)c(=O)[nH]2)cc1-n1cnnn1. The number of nitrogens with zero attached hydrogens (tertiary/aromatic N) is 5. The minimum atomic E-state index is -0.722. The highest BCUT2D eigenvalue weighted by Crippen LogP contribution is 2.27. The molecule has 1 aromatic carbocycles. The van der Waals surface area contributed by atoms with Gasteiger partial charge >= 0.3 is 5.97 Å². The maximum atomic E-state index is 12.2. The number of nitrogens with one attached hydrogen (secondary N) is 1. The van der Waals surface area contributed by atoms with E-state index in [0.29, 0.717) is 23.6 Å². The molecule has 0 saturated carbocycles. The average Bonchev–Trinajstić information content (AvgIpc) is 3.21. The lowest BCUT2D eigenvalue weighted by molar-refractivity contribution is 0.0523. The van der Waals surface area contributed by atoms with Crippen LogP contribution in [0.1, 0.15) is 24.2 Å². The Bertz CT molecular complexity index is 1060. The molecule has 3 rings (SSSR count). The van der Waals surface area contributed by atoms with Crippen LogP contribution in [0.5, 0.6) is 5.75 Å². The lowest BCUT2D eigenvalue weighted by Gasteiger charge is -2.12. The fourth-order valence-corrected chi connectivity index (χ4v) is 2.33. The molecule has 0 spiro atoms. The second kappa shape index (κ2) is 8.25. The molecule has 0 bridgehead atoms. The number of benzene rings is 1. The van der Waals surface area contributed by atoms with E-state index in [1.807, 2.05) is 6.92 Å². The van der Waals surface area contributed by atoms with Crippen molar-refractivity contribution in [3.8, 4) is 22.8 Å². The maximum Gasteiger partial charge on any atom is 0.345 e. The molecule has 0 unspecified atom stereocenters. The fourth-order valence-electron chi connectivity index (χ4n) is 2.33. The third-order valence-corrected chi connectivity index (χ3v) is 3.60. The first-order valence-corrected chi connectivity index (χ1v) is 8.41. The molecule has 0 saturated heterocycles. The van der Waals surface area contributed by atoms with Gasteiger partial charge in [0, 0.05) is 11.8 Å². The predicted octanol–water partition coefficient (Wildman–Crippen LogP) is 1.54. The Morgan fingerprint density at radius 3 is 2.82 bits per heavy atom. The summed E-state index contributed by atoms with van der Waals surface area (Å²) in [4.78, 5) is 30.7. The van der Waals surface area contributed by atoms with Crippen molar-refractivity contribution in [3.05, 3.63) is 58.8 Å². The number of aromatic amines is 1. The standard InChI is InChI=1S/C18H18N6O4/c1-4-27-18(26)13-8-19-16(21-17(13)25)12-5-6-15(28-9-11(2)3)14(7-12)24-10-20-22-23-24/h5-8,10H,2,4,9H2,1,3H3,(H,19,21,25). The summed E-state index contributed by atoms with van der Waals surface area (Å²) in [7, 11) is 0. The average molecular weight is 382 g/mol. The topological polar surface area (TPSA) is 125 Å². The van der Waals surface area contributed by atoms with E-state index in [2.05, 4.69) is 32.1 Å². The van der Waals surface area contributed by atoms with E-state index in [-0.39, 0.29) is 18.0 Å². The van der Waals surface area contributed by atoms with Crippen LogP contribution in [0.2, 0.25) is 0 Å². The highest BCUT2D eigenvalue weighted by atomic mass is 16.5. The first-order chi connectivity index (χ1) is 13.5. The van der Waals surface area contributed by atoms with Gasteiger partial charge in [0.1, 0.15) is 35.8 Å². The summed E-state index contributed by atoms with van der Waals surface area (Å²) in [6.07, 6.45) is 2.61. The van der Waals surface area contributed by atoms with Gasteiger partial charge in [-0.2, -0.15) is 4.68 Å². The number of aromatic nitrogens is 6. The van der Waals surface area contributed by atoms with Gasteiger partial charge in [0.25, 0.3) is 5.56 Å². The zero-order valence-corrected chi connectivity index (χ0v) is 15.4. The van der Waals surface area contributed by atoms with Crippen LogP contribution >= 0.6 is 0 Å². The molecular weight excluding hydrogens is 364 g/mol. The van der Waals surface area contributed by atoms with E-state index in [1.165, 1.54) is 17.2 Å². The van der Waals surface area contributed by atoms with Crippen molar-refractivity contribution in [2.24, 2.45) is 0 Å². The molecule has 2 aromatic heterocycles. The van der Waals surface area contributed by atoms with Gasteiger partial charge < -0.3 is 14.5 Å². The van der Waals surface area contributed by atoms with Gasteiger partial charge in [-0.05, 0) is 48.0 Å². The highest BCUT2D eigenvalue weighted by Gasteiger charge is 2.15. The van der Waals surface area contributed by atoms with Crippen LogP contribution in [0.25, 0.3) is 17.1 Å². The summed E-state index contributed by atoms with van der Waals surface area (Å²) in [5.74, 6) is 0.0871. The first-order valence-electron chi connectivity index (χ1n) is 8.41. The van der Waals surface area contributed by atoms with Crippen molar-refractivity contribution in [1.29, 1.82) is 0 Å². The van der Waals surface area contributed by atoms with Crippen LogP contribution in [-0.2, 0) is 4.74 Å². The maximum absolute atomic E-state index is 12.2. The molecule has 1 N–H and O–H groups in total. The fraction of sp³-hybridized carbons (Fsp3) is 0.222. The van der Waals surface area contributed by atoms with Crippen LogP contribution in [0.3, 0.4) is 0 Å². The number of carbonyl (C=O) groups excluding carboxylic acids is 1. The minimum Gasteiger partial charge on any atom is -0.487 e. The van der Waals surface area contributed by atoms with Gasteiger partial charge in [-0.15, -0.1) is 5.10 Å². The van der Waals surface area contributed by atoms with E-state index in [1.54, 1.807) is 25.1 Å². The molecule has 10 heteroatoms. The molecule has 0 aliphatic carbocycles. The molecule has 0 aliphatic heterocycles. The van der Waals surface area contributed by atoms with Crippen molar-refractivity contribution < 1.29 is 14.3 Å². The van der Waals surface area contributed by atoms with Crippen molar-refractivity contribution in [2.45, 2.75) is 13.8 Å². The Hall–Kier alpha value is -3.82. The van der Waals surface area contributed by atoms with Crippen molar-refractivity contribution in [2.75, 3.05) is 13.2 Å². The molecule has 0 radical (unpaired) electrons. The van der Waals surface area contributed by atoms with Gasteiger partial charge in [0.15, 0.2) is 0 Å². The number of rotatable bonds is 7. The first kappa shape index (κ1) is 19.0.